The topological polar surface area (TPSA) is 97.8 Å². The van der Waals surface area contributed by atoms with Gasteiger partial charge in [0.15, 0.2) is 0 Å². The lowest BCUT2D eigenvalue weighted by Gasteiger charge is -2.09. The highest BCUT2D eigenvalue weighted by Crippen LogP contribution is 2.09. The molecule has 0 bridgehead atoms. The van der Waals surface area contributed by atoms with Crippen LogP contribution in [-0.2, 0) is 9.53 Å². The summed E-state index contributed by atoms with van der Waals surface area (Å²) in [7, 11) is 0. The van der Waals surface area contributed by atoms with Crippen molar-refractivity contribution in [3.8, 4) is 5.88 Å². The number of hydrogen-bond acceptors (Lipinski definition) is 5. The molecule has 20 heavy (non-hydrogen) atoms. The number of hydrogen-bond donors (Lipinski definition) is 2. The molecule has 2 N–H and O–H groups in total. The third kappa shape index (κ3) is 6.14. The average Bonchev–Trinajstić information content (AvgIpc) is 2.38. The summed E-state index contributed by atoms with van der Waals surface area (Å²) in [6.07, 6.45) is 1.44. The summed E-state index contributed by atoms with van der Waals surface area (Å²) in [6.45, 7) is 3.77. The standard InChI is InChI=1S/C13H18N2O5/c1-9(2)20-11-4-3-10(7-15-11)13(18)14-5-6-19-8-12(16)17/h3-4,7,9H,5-6,8H2,1-2H3,(H,14,18)(H,16,17). The average molecular weight is 282 g/mol. The lowest BCUT2D eigenvalue weighted by Crippen LogP contribution is -2.28. The van der Waals surface area contributed by atoms with Crippen LogP contribution in [0.3, 0.4) is 0 Å². The largest absolute Gasteiger partial charge is 0.480 e. The zero-order valence-electron chi connectivity index (χ0n) is 11.5. The minimum Gasteiger partial charge on any atom is -0.480 e. The molecule has 0 atom stereocenters. The van der Waals surface area contributed by atoms with Crippen molar-refractivity contribution < 1.29 is 24.2 Å². The van der Waals surface area contributed by atoms with E-state index in [2.05, 4.69) is 10.3 Å². The molecule has 7 nitrogen and oxygen atoms in total. The lowest BCUT2D eigenvalue weighted by atomic mass is 10.2. The molecular weight excluding hydrogens is 264 g/mol. The number of carboxylic acids is 1. The molecular formula is C13H18N2O5. The van der Waals surface area contributed by atoms with Crippen molar-refractivity contribution in [1.82, 2.24) is 10.3 Å². The Hall–Kier alpha value is -2.15. The minimum absolute atomic E-state index is 0.0218. The highest BCUT2D eigenvalue weighted by atomic mass is 16.5. The van der Waals surface area contributed by atoms with Crippen molar-refractivity contribution in [2.24, 2.45) is 0 Å². The van der Waals surface area contributed by atoms with E-state index in [0.29, 0.717) is 11.4 Å². The maximum absolute atomic E-state index is 11.7. The number of aliphatic carboxylic acids is 1. The van der Waals surface area contributed by atoms with E-state index in [9.17, 15) is 9.59 Å². The Morgan fingerprint density at radius 1 is 1.40 bits per heavy atom. The van der Waals surface area contributed by atoms with Crippen molar-refractivity contribution in [3.05, 3.63) is 23.9 Å². The number of rotatable bonds is 8. The summed E-state index contributed by atoms with van der Waals surface area (Å²) >= 11 is 0. The minimum atomic E-state index is -1.04. The van der Waals surface area contributed by atoms with Gasteiger partial charge in [-0.1, -0.05) is 0 Å². The van der Waals surface area contributed by atoms with Crippen LogP contribution >= 0.6 is 0 Å². The number of nitrogens with zero attached hydrogens (tertiary/aromatic N) is 1. The van der Waals surface area contributed by atoms with Crippen molar-refractivity contribution in [2.45, 2.75) is 20.0 Å². The fourth-order valence-electron chi connectivity index (χ4n) is 1.32. The summed E-state index contributed by atoms with van der Waals surface area (Å²) in [5.74, 6) is -0.880. The molecule has 0 aliphatic heterocycles. The van der Waals surface area contributed by atoms with Crippen molar-refractivity contribution in [1.29, 1.82) is 0 Å². The molecule has 1 aromatic rings. The van der Waals surface area contributed by atoms with Crippen LogP contribution in [0, 0.1) is 0 Å². The lowest BCUT2D eigenvalue weighted by molar-refractivity contribution is -0.142. The first kappa shape index (κ1) is 15.9. The van der Waals surface area contributed by atoms with Crippen LogP contribution in [0.4, 0.5) is 0 Å². The van der Waals surface area contributed by atoms with Gasteiger partial charge in [-0.3, -0.25) is 4.79 Å². The van der Waals surface area contributed by atoms with Crippen LogP contribution < -0.4 is 10.1 Å². The van der Waals surface area contributed by atoms with Crippen molar-refractivity contribution in [3.63, 3.8) is 0 Å². The Balaban J connectivity index is 2.34. The summed E-state index contributed by atoms with van der Waals surface area (Å²) < 4.78 is 10.2. The van der Waals surface area contributed by atoms with Gasteiger partial charge in [0.2, 0.25) is 5.88 Å². The second-order valence-corrected chi connectivity index (χ2v) is 4.25. The van der Waals surface area contributed by atoms with Gasteiger partial charge in [0, 0.05) is 18.8 Å². The monoisotopic (exact) mass is 282 g/mol. The van der Waals surface area contributed by atoms with E-state index in [0.717, 1.165) is 0 Å². The quantitative estimate of drug-likeness (QED) is 0.681. The van der Waals surface area contributed by atoms with Gasteiger partial charge < -0.3 is 19.9 Å². The highest BCUT2D eigenvalue weighted by Gasteiger charge is 2.06. The summed E-state index contributed by atoms with van der Waals surface area (Å²) in [6, 6.07) is 3.23. The molecule has 0 saturated carbocycles. The second-order valence-electron chi connectivity index (χ2n) is 4.25. The first-order valence-corrected chi connectivity index (χ1v) is 6.19. The Morgan fingerprint density at radius 2 is 2.15 bits per heavy atom. The van der Waals surface area contributed by atoms with Crippen LogP contribution in [-0.4, -0.2) is 47.8 Å². The van der Waals surface area contributed by atoms with Crippen LogP contribution in [0.15, 0.2) is 18.3 Å². The molecule has 0 aliphatic rings. The van der Waals surface area contributed by atoms with Gasteiger partial charge in [0.25, 0.3) is 5.91 Å². The molecule has 1 aromatic heterocycles. The molecule has 0 unspecified atom stereocenters. The summed E-state index contributed by atoms with van der Waals surface area (Å²) in [4.78, 5) is 25.9. The van der Waals surface area contributed by atoms with Crippen LogP contribution in [0.5, 0.6) is 5.88 Å². The van der Waals surface area contributed by atoms with E-state index < -0.39 is 5.97 Å². The molecule has 0 radical (unpaired) electrons. The van der Waals surface area contributed by atoms with Crippen LogP contribution in [0.2, 0.25) is 0 Å². The molecule has 1 rings (SSSR count). The fourth-order valence-corrected chi connectivity index (χ4v) is 1.32. The van der Waals surface area contributed by atoms with Gasteiger partial charge in [0.05, 0.1) is 18.3 Å². The Bertz CT molecular complexity index is 445. The number of aromatic nitrogens is 1. The van der Waals surface area contributed by atoms with Crippen molar-refractivity contribution >= 4 is 11.9 Å². The Labute approximate surface area is 116 Å². The molecule has 110 valence electrons. The van der Waals surface area contributed by atoms with Gasteiger partial charge >= 0.3 is 5.97 Å². The van der Waals surface area contributed by atoms with Crippen LogP contribution in [0.1, 0.15) is 24.2 Å². The van der Waals surface area contributed by atoms with E-state index in [1.807, 2.05) is 13.8 Å². The predicted octanol–water partition coefficient (Wildman–Crippen LogP) is 0.700. The zero-order valence-corrected chi connectivity index (χ0v) is 11.5. The van der Waals surface area contributed by atoms with Gasteiger partial charge in [-0.2, -0.15) is 0 Å². The second kappa shape index (κ2) is 8.11. The number of nitrogens with one attached hydrogen (secondary N) is 1. The van der Waals surface area contributed by atoms with Crippen LogP contribution in [0.25, 0.3) is 0 Å². The molecule has 7 heteroatoms. The first-order valence-electron chi connectivity index (χ1n) is 6.19. The molecule has 0 aliphatic carbocycles. The number of amides is 1. The molecule has 1 heterocycles. The summed E-state index contributed by atoms with van der Waals surface area (Å²) in [5, 5.41) is 11.0. The maximum atomic E-state index is 11.7. The smallest absolute Gasteiger partial charge is 0.329 e. The highest BCUT2D eigenvalue weighted by molar-refractivity contribution is 5.93. The Kier molecular flexibility index (Phi) is 6.45. The van der Waals surface area contributed by atoms with E-state index in [1.165, 1.54) is 6.20 Å². The van der Waals surface area contributed by atoms with Gasteiger partial charge in [-0.15, -0.1) is 0 Å². The normalized spacial score (nSPS) is 10.3. The third-order valence-corrected chi connectivity index (χ3v) is 2.11. The zero-order chi connectivity index (χ0) is 15.0. The molecule has 0 aromatic carbocycles. The van der Waals surface area contributed by atoms with E-state index in [4.69, 9.17) is 14.6 Å². The number of pyridine rings is 1. The number of ether oxygens (including phenoxy) is 2. The predicted molar refractivity (Wildman–Crippen MR) is 70.8 cm³/mol. The van der Waals surface area contributed by atoms with E-state index in [1.54, 1.807) is 12.1 Å². The first-order chi connectivity index (χ1) is 9.49. The molecule has 0 saturated heterocycles. The third-order valence-electron chi connectivity index (χ3n) is 2.11. The number of carbonyl (C=O) groups excluding carboxylic acids is 1. The van der Waals surface area contributed by atoms with Gasteiger partial charge in [-0.25, -0.2) is 9.78 Å². The number of carboxylic acid groups (broad SMARTS) is 1. The van der Waals surface area contributed by atoms with Crippen molar-refractivity contribution in [2.75, 3.05) is 19.8 Å². The maximum Gasteiger partial charge on any atom is 0.329 e. The fraction of sp³-hybridized carbons (Fsp3) is 0.462. The molecule has 0 spiro atoms. The van der Waals surface area contributed by atoms with E-state index >= 15 is 0 Å². The van der Waals surface area contributed by atoms with E-state index in [-0.39, 0.29) is 31.8 Å². The Morgan fingerprint density at radius 3 is 2.70 bits per heavy atom. The van der Waals surface area contributed by atoms with Gasteiger partial charge in [-0.05, 0) is 19.9 Å². The molecule has 1 amide bonds. The SMILES string of the molecule is CC(C)Oc1ccc(C(=O)NCCOCC(=O)O)cn1. The number of carbonyl (C=O) groups is 2. The van der Waals surface area contributed by atoms with Gasteiger partial charge in [0.1, 0.15) is 6.61 Å². The molecule has 0 fully saturated rings. The summed E-state index contributed by atoms with van der Waals surface area (Å²) in [5.41, 5.74) is 0.402.